The van der Waals surface area contributed by atoms with Crippen molar-refractivity contribution in [2.75, 3.05) is 0 Å². The Labute approximate surface area is 70.0 Å². The fraction of sp³-hybridized carbons (Fsp3) is 0. The molecule has 0 unspecified atom stereocenters. The topological polar surface area (TPSA) is 49.9 Å². The first-order chi connectivity index (χ1) is 3.80. The van der Waals surface area contributed by atoms with Crippen LogP contribution in [-0.2, 0) is 6.03 Å². The van der Waals surface area contributed by atoms with Gasteiger partial charge in [-0.1, -0.05) is 0 Å². The number of aromatic amines is 1. The second-order valence-corrected chi connectivity index (χ2v) is 4.27. The van der Waals surface area contributed by atoms with Gasteiger partial charge in [0.1, 0.15) is 0 Å². The van der Waals surface area contributed by atoms with E-state index in [2.05, 4.69) is 4.98 Å². The third-order valence-electron chi connectivity index (χ3n) is 0.792. The van der Waals surface area contributed by atoms with Gasteiger partial charge in [-0.3, -0.25) is 0 Å². The van der Waals surface area contributed by atoms with Crippen LogP contribution in [0.4, 0.5) is 0 Å². The second kappa shape index (κ2) is 4.07. The quantitative estimate of drug-likeness (QED) is 0.751. The third kappa shape index (κ3) is 2.50. The predicted octanol–water partition coefficient (Wildman–Crippen LogP) is 0.149. The van der Waals surface area contributed by atoms with E-state index in [-0.39, 0.29) is 17.0 Å². The molecule has 50 valence electrons. The van der Waals surface area contributed by atoms with Crippen molar-refractivity contribution < 1.29 is 6.03 Å². The van der Waals surface area contributed by atoms with Crippen molar-refractivity contribution in [2.45, 2.75) is 0 Å². The molecule has 0 spiro atoms. The van der Waals surface area contributed by atoms with Gasteiger partial charge in [0.25, 0.3) is 0 Å². The maximum absolute atomic E-state index is 10.2. The van der Waals surface area contributed by atoms with Crippen molar-refractivity contribution in [1.29, 1.82) is 0 Å². The molecule has 0 aliphatic rings. The SMILES string of the molecule is Br.[O]=[Sb](=[O])[c]1cc[nH]c1. The van der Waals surface area contributed by atoms with Crippen molar-refractivity contribution in [3.63, 3.8) is 0 Å². The summed E-state index contributed by atoms with van der Waals surface area (Å²) >= 11 is -3.38. The molecule has 1 aromatic rings. The molecule has 0 saturated carbocycles. The molecule has 1 aromatic heterocycles. The molecule has 0 amide bonds. The van der Waals surface area contributed by atoms with Crippen molar-refractivity contribution in [1.82, 2.24) is 4.98 Å². The standard InChI is InChI=1S/C4H4N.BrH.2O.Sb/c1-2-4-5-3-1;;;;/h1,3-5H;1H;;;. The molecule has 9 heavy (non-hydrogen) atoms. The van der Waals surface area contributed by atoms with Crippen LogP contribution in [0.3, 0.4) is 0 Å². The predicted molar refractivity (Wildman–Crippen MR) is 37.9 cm³/mol. The van der Waals surface area contributed by atoms with Gasteiger partial charge in [-0.25, -0.2) is 0 Å². The summed E-state index contributed by atoms with van der Waals surface area (Å²) in [5, 5.41) is 0. The molecule has 1 N–H and O–H groups in total. The molecule has 1 heterocycles. The minimum absolute atomic E-state index is 0. The van der Waals surface area contributed by atoms with Crippen LogP contribution in [0.1, 0.15) is 0 Å². The van der Waals surface area contributed by atoms with E-state index in [9.17, 15) is 6.03 Å². The molecule has 3 nitrogen and oxygen atoms in total. The first-order valence-corrected chi connectivity index (χ1v) is 5.44. The van der Waals surface area contributed by atoms with Gasteiger partial charge < -0.3 is 0 Å². The van der Waals surface area contributed by atoms with Crippen LogP contribution in [0.25, 0.3) is 0 Å². The van der Waals surface area contributed by atoms with Gasteiger partial charge in [-0.15, -0.1) is 17.0 Å². The Balaban J connectivity index is 0.000000640. The Hall–Kier alpha value is 0.178. The summed E-state index contributed by atoms with van der Waals surface area (Å²) in [7, 11) is 0. The van der Waals surface area contributed by atoms with Crippen LogP contribution in [0, 0.1) is 0 Å². The van der Waals surface area contributed by atoms with Gasteiger partial charge in [-0.05, 0) is 0 Å². The zero-order valence-electron chi connectivity index (χ0n) is 4.40. The molecule has 0 aliphatic carbocycles. The van der Waals surface area contributed by atoms with E-state index < -0.39 is 20.2 Å². The molecule has 0 aliphatic heterocycles. The fourth-order valence-corrected chi connectivity index (χ4v) is 1.50. The molecular formula is C4H5BrNO2Sb. The first-order valence-electron chi connectivity index (χ1n) is 2.08. The van der Waals surface area contributed by atoms with Crippen molar-refractivity contribution in [3.8, 4) is 0 Å². The monoisotopic (exact) mass is 299 g/mol. The van der Waals surface area contributed by atoms with E-state index >= 15 is 0 Å². The molecule has 0 atom stereocenters. The van der Waals surface area contributed by atoms with Crippen LogP contribution in [0.5, 0.6) is 0 Å². The minimum atomic E-state index is -3.38. The molecule has 0 aromatic carbocycles. The number of aromatic nitrogens is 1. The number of hydrogen-bond donors (Lipinski definition) is 1. The summed E-state index contributed by atoms with van der Waals surface area (Å²) in [6.45, 7) is 0. The first kappa shape index (κ1) is 9.18. The fourth-order valence-electron chi connectivity index (χ4n) is 0.429. The second-order valence-electron chi connectivity index (χ2n) is 1.33. The molecule has 5 heteroatoms. The number of hydrogen-bond acceptors (Lipinski definition) is 2. The van der Waals surface area contributed by atoms with Gasteiger partial charge in [0, 0.05) is 0 Å². The van der Waals surface area contributed by atoms with Crippen molar-refractivity contribution >= 4 is 40.7 Å². The van der Waals surface area contributed by atoms with E-state index in [0.29, 0.717) is 3.51 Å². The van der Waals surface area contributed by atoms with E-state index in [1.165, 1.54) is 6.20 Å². The number of H-pyrrole nitrogens is 1. The van der Waals surface area contributed by atoms with E-state index in [4.69, 9.17) is 0 Å². The molecule has 0 bridgehead atoms. The van der Waals surface area contributed by atoms with Crippen LogP contribution in [-0.4, -0.2) is 25.2 Å². The summed E-state index contributed by atoms with van der Waals surface area (Å²) in [6.07, 6.45) is 3.09. The zero-order chi connectivity index (χ0) is 5.98. The Morgan fingerprint density at radius 1 is 1.44 bits per heavy atom. The maximum atomic E-state index is 10.2. The molecular weight excluding hydrogens is 296 g/mol. The molecule has 0 fully saturated rings. The number of nitrogens with one attached hydrogen (secondary N) is 1. The van der Waals surface area contributed by atoms with Crippen LogP contribution >= 0.6 is 17.0 Å². The number of halogens is 1. The van der Waals surface area contributed by atoms with Crippen LogP contribution < -0.4 is 3.51 Å². The van der Waals surface area contributed by atoms with E-state index in [1.807, 2.05) is 0 Å². The zero-order valence-corrected chi connectivity index (χ0v) is 8.67. The van der Waals surface area contributed by atoms with Crippen molar-refractivity contribution in [2.24, 2.45) is 0 Å². The van der Waals surface area contributed by atoms with Gasteiger partial charge >= 0.3 is 53.2 Å². The average Bonchev–Trinajstić information content (AvgIpc) is 2.12. The van der Waals surface area contributed by atoms with Crippen LogP contribution in [0.15, 0.2) is 18.5 Å². The summed E-state index contributed by atoms with van der Waals surface area (Å²) in [4.78, 5) is 2.66. The van der Waals surface area contributed by atoms with Gasteiger partial charge in [0.2, 0.25) is 0 Å². The Morgan fingerprint density at radius 2 is 2.11 bits per heavy atom. The normalized spacial score (nSPS) is 8.00. The van der Waals surface area contributed by atoms with E-state index in [0.717, 1.165) is 0 Å². The number of rotatable bonds is 1. The summed E-state index contributed by atoms with van der Waals surface area (Å²) < 4.78 is 20.8. The van der Waals surface area contributed by atoms with Crippen molar-refractivity contribution in [3.05, 3.63) is 18.5 Å². The van der Waals surface area contributed by atoms with Gasteiger partial charge in [-0.2, -0.15) is 0 Å². The average molecular weight is 301 g/mol. The summed E-state index contributed by atoms with van der Waals surface area (Å²) in [6, 6.07) is 1.56. The van der Waals surface area contributed by atoms with E-state index in [1.54, 1.807) is 12.3 Å². The Kier molecular flexibility index (Phi) is 4.15. The summed E-state index contributed by atoms with van der Waals surface area (Å²) in [5.74, 6) is 0. The third-order valence-corrected chi connectivity index (χ3v) is 2.79. The molecule has 0 saturated heterocycles. The van der Waals surface area contributed by atoms with Gasteiger partial charge in [0.15, 0.2) is 0 Å². The Bertz CT molecular complexity index is 221. The van der Waals surface area contributed by atoms with Crippen LogP contribution in [0.2, 0.25) is 0 Å². The van der Waals surface area contributed by atoms with Gasteiger partial charge in [0.05, 0.1) is 0 Å². The molecule has 1 rings (SSSR count). The molecule has 0 radical (unpaired) electrons. The summed E-state index contributed by atoms with van der Waals surface area (Å²) in [5.41, 5.74) is 0. The Morgan fingerprint density at radius 3 is 2.33 bits per heavy atom.